The van der Waals surface area contributed by atoms with Crippen molar-refractivity contribution in [2.24, 2.45) is 0 Å². The number of nitrogens with one attached hydrogen (secondary N) is 1. The Labute approximate surface area is 169 Å². The minimum atomic E-state index is -4.93. The number of hydrogen-bond donors (Lipinski definition) is 1. The van der Waals surface area contributed by atoms with Crippen LogP contribution in [-0.4, -0.2) is 42.7 Å². The number of carbonyl (C=O) groups excluding carboxylic acids is 2. The Kier molecular flexibility index (Phi) is 7.41. The minimum absolute atomic E-state index is 0.0107. The first kappa shape index (κ1) is 22.7. The maximum absolute atomic E-state index is 13.0. The molecule has 1 N–H and O–H groups in total. The molecule has 1 heterocycles. The largest absolute Gasteiger partial charge is 0.469 e. The van der Waals surface area contributed by atoms with Crippen molar-refractivity contribution in [1.82, 2.24) is 5.32 Å². The van der Waals surface area contributed by atoms with Crippen LogP contribution in [0, 0.1) is 22.0 Å². The highest BCUT2D eigenvalue weighted by molar-refractivity contribution is 5.77. The molecule has 0 saturated heterocycles. The molecule has 8 nitrogen and oxygen atoms in total. The number of rotatable bonds is 6. The molecule has 1 amide bonds. The van der Waals surface area contributed by atoms with Gasteiger partial charge in [0.15, 0.2) is 0 Å². The van der Waals surface area contributed by atoms with E-state index in [1.807, 2.05) is 0 Å². The number of halogens is 3. The average molecular weight is 426 g/mol. The lowest BCUT2D eigenvalue weighted by Crippen LogP contribution is -2.40. The second-order valence-corrected chi connectivity index (χ2v) is 6.13. The van der Waals surface area contributed by atoms with Crippen LogP contribution in [0.1, 0.15) is 30.4 Å². The Balaban J connectivity index is 2.00. The molecule has 0 spiro atoms. The van der Waals surface area contributed by atoms with E-state index in [-0.39, 0.29) is 36.6 Å². The Morgan fingerprint density at radius 1 is 1.33 bits per heavy atom. The lowest BCUT2D eigenvalue weighted by molar-refractivity contribution is -0.443. The van der Waals surface area contributed by atoms with Gasteiger partial charge in [-0.2, -0.15) is 13.2 Å². The topological polar surface area (TPSA) is 108 Å². The van der Waals surface area contributed by atoms with Gasteiger partial charge in [0.2, 0.25) is 5.91 Å². The third-order valence-electron chi connectivity index (χ3n) is 3.95. The van der Waals surface area contributed by atoms with Crippen molar-refractivity contribution >= 4 is 18.0 Å². The van der Waals surface area contributed by atoms with Gasteiger partial charge in [0, 0.05) is 30.0 Å². The quantitative estimate of drug-likeness (QED) is 0.324. The van der Waals surface area contributed by atoms with Gasteiger partial charge >= 0.3 is 12.1 Å². The highest BCUT2D eigenvalue weighted by atomic mass is 19.4. The van der Waals surface area contributed by atoms with Crippen LogP contribution in [0.3, 0.4) is 0 Å². The molecule has 0 aliphatic carbocycles. The number of esters is 1. The number of benzene rings is 1. The predicted molar refractivity (Wildman–Crippen MR) is 97.6 cm³/mol. The molecule has 0 bridgehead atoms. The zero-order valence-corrected chi connectivity index (χ0v) is 15.7. The van der Waals surface area contributed by atoms with Crippen molar-refractivity contribution in [3.63, 3.8) is 0 Å². The van der Waals surface area contributed by atoms with Crippen molar-refractivity contribution in [2.75, 3.05) is 13.7 Å². The summed E-state index contributed by atoms with van der Waals surface area (Å²) in [6, 6.07) is 4.01. The van der Waals surface area contributed by atoms with Gasteiger partial charge in [-0.1, -0.05) is 11.8 Å². The summed E-state index contributed by atoms with van der Waals surface area (Å²) < 4.78 is 48.2. The molecule has 2 rings (SSSR count). The summed E-state index contributed by atoms with van der Waals surface area (Å²) in [5.41, 5.74) is -0.637. The van der Waals surface area contributed by atoms with Crippen LogP contribution in [0.25, 0.3) is 6.08 Å². The molecule has 1 aliphatic rings. The standard InChI is InChI=1S/C19H17F3N2O6/c1-29-17(26)6-2-5-16(25)23-9-3-4-12-7-8-15-13(10-12)11-14(24(27)28)18(30-15)19(20,21)22/h7-8,10-11,18H,2,5-6,9H2,1H3,(H,23,25). The third kappa shape index (κ3) is 6.23. The van der Waals surface area contributed by atoms with E-state index in [1.54, 1.807) is 0 Å². The molecular formula is C19H17F3N2O6. The molecule has 0 aromatic heterocycles. The molecular weight excluding hydrogens is 409 g/mol. The van der Waals surface area contributed by atoms with Gasteiger partial charge in [0.25, 0.3) is 11.8 Å². The lowest BCUT2D eigenvalue weighted by atomic mass is 10.0. The van der Waals surface area contributed by atoms with E-state index in [9.17, 15) is 32.9 Å². The molecule has 1 aromatic rings. The van der Waals surface area contributed by atoms with Gasteiger partial charge in [0.1, 0.15) is 5.75 Å². The zero-order chi connectivity index (χ0) is 22.3. The molecule has 0 saturated carbocycles. The molecule has 0 fully saturated rings. The second kappa shape index (κ2) is 9.78. The highest BCUT2D eigenvalue weighted by Gasteiger charge is 2.51. The third-order valence-corrected chi connectivity index (χ3v) is 3.95. The van der Waals surface area contributed by atoms with Crippen LogP contribution in [0.5, 0.6) is 5.75 Å². The van der Waals surface area contributed by atoms with Gasteiger partial charge in [-0.3, -0.25) is 19.7 Å². The maximum atomic E-state index is 13.0. The Morgan fingerprint density at radius 3 is 2.70 bits per heavy atom. The van der Waals surface area contributed by atoms with Crippen LogP contribution < -0.4 is 10.1 Å². The van der Waals surface area contributed by atoms with Gasteiger partial charge in [-0.15, -0.1) is 0 Å². The van der Waals surface area contributed by atoms with Crippen molar-refractivity contribution in [3.05, 3.63) is 45.1 Å². The van der Waals surface area contributed by atoms with Crippen LogP contribution in [0.4, 0.5) is 13.2 Å². The molecule has 1 unspecified atom stereocenters. The monoisotopic (exact) mass is 426 g/mol. The summed E-state index contributed by atoms with van der Waals surface area (Å²) in [6.45, 7) is 0.0107. The summed E-state index contributed by atoms with van der Waals surface area (Å²) in [5, 5.41) is 13.5. The van der Waals surface area contributed by atoms with E-state index in [0.29, 0.717) is 12.0 Å². The Morgan fingerprint density at radius 2 is 2.07 bits per heavy atom. The molecule has 30 heavy (non-hydrogen) atoms. The molecule has 1 aromatic carbocycles. The number of amides is 1. The fraction of sp³-hybridized carbons (Fsp3) is 0.368. The smallest absolute Gasteiger partial charge is 0.436 e. The number of alkyl halides is 3. The van der Waals surface area contributed by atoms with Crippen LogP contribution >= 0.6 is 0 Å². The normalized spacial score (nSPS) is 14.9. The predicted octanol–water partition coefficient (Wildman–Crippen LogP) is 2.44. The number of carbonyl (C=O) groups is 2. The van der Waals surface area contributed by atoms with E-state index >= 15 is 0 Å². The number of nitrogens with zero attached hydrogens (tertiary/aromatic N) is 1. The number of hydrogen-bond acceptors (Lipinski definition) is 6. The summed E-state index contributed by atoms with van der Waals surface area (Å²) in [6.07, 6.45) is -6.18. The first-order chi connectivity index (χ1) is 14.1. The van der Waals surface area contributed by atoms with Crippen molar-refractivity contribution in [3.8, 4) is 17.6 Å². The van der Waals surface area contributed by atoms with Gasteiger partial charge in [-0.25, -0.2) is 0 Å². The van der Waals surface area contributed by atoms with Crippen LogP contribution in [-0.2, 0) is 14.3 Å². The summed E-state index contributed by atoms with van der Waals surface area (Å²) in [4.78, 5) is 32.4. The summed E-state index contributed by atoms with van der Waals surface area (Å²) in [7, 11) is 1.26. The van der Waals surface area contributed by atoms with E-state index in [0.717, 1.165) is 6.08 Å². The zero-order valence-electron chi connectivity index (χ0n) is 15.7. The summed E-state index contributed by atoms with van der Waals surface area (Å²) >= 11 is 0. The van der Waals surface area contributed by atoms with Crippen molar-refractivity contribution in [1.29, 1.82) is 0 Å². The number of methoxy groups -OCH3 is 1. The average Bonchev–Trinajstić information content (AvgIpc) is 2.69. The number of nitro groups is 1. The minimum Gasteiger partial charge on any atom is -0.469 e. The van der Waals surface area contributed by atoms with Gasteiger partial charge < -0.3 is 14.8 Å². The van der Waals surface area contributed by atoms with Crippen LogP contribution in [0.15, 0.2) is 23.9 Å². The maximum Gasteiger partial charge on any atom is 0.436 e. The van der Waals surface area contributed by atoms with Crippen LogP contribution in [0.2, 0.25) is 0 Å². The molecule has 0 radical (unpaired) electrons. The van der Waals surface area contributed by atoms with E-state index < -0.39 is 28.9 Å². The van der Waals surface area contributed by atoms with Gasteiger partial charge in [0.05, 0.1) is 18.6 Å². The fourth-order valence-corrected chi connectivity index (χ4v) is 2.52. The number of fused-ring (bicyclic) bond motifs is 1. The van der Waals surface area contributed by atoms with E-state index in [4.69, 9.17) is 4.74 Å². The van der Waals surface area contributed by atoms with Crippen molar-refractivity contribution < 1.29 is 37.2 Å². The first-order valence-corrected chi connectivity index (χ1v) is 8.67. The number of ether oxygens (including phenoxy) is 2. The fourth-order valence-electron chi connectivity index (χ4n) is 2.52. The molecule has 1 atom stereocenters. The SMILES string of the molecule is COC(=O)CCCC(=O)NCC#Cc1ccc2c(c1)C=C([N+](=O)[O-])C(C(F)(F)F)O2. The van der Waals surface area contributed by atoms with Crippen molar-refractivity contribution in [2.45, 2.75) is 31.5 Å². The summed E-state index contributed by atoms with van der Waals surface area (Å²) in [5.74, 6) is 4.52. The second-order valence-electron chi connectivity index (χ2n) is 6.13. The van der Waals surface area contributed by atoms with Gasteiger partial charge in [-0.05, 0) is 24.6 Å². The van der Waals surface area contributed by atoms with E-state index in [1.165, 1.54) is 25.3 Å². The molecule has 1 aliphatic heterocycles. The Bertz CT molecular complexity index is 930. The van der Waals surface area contributed by atoms with E-state index in [2.05, 4.69) is 21.9 Å². The lowest BCUT2D eigenvalue weighted by Gasteiger charge is -2.24. The first-order valence-electron chi connectivity index (χ1n) is 8.67. The molecule has 160 valence electrons. The highest BCUT2D eigenvalue weighted by Crippen LogP contribution is 2.37. The molecule has 11 heteroatoms. The Hall–Kier alpha value is -3.55.